The summed E-state index contributed by atoms with van der Waals surface area (Å²) in [6.07, 6.45) is 1.88. The van der Waals surface area contributed by atoms with Gasteiger partial charge >= 0.3 is 6.09 Å². The number of hydrogen-bond donors (Lipinski definition) is 1. The highest BCUT2D eigenvalue weighted by Gasteiger charge is 2.27. The van der Waals surface area contributed by atoms with Gasteiger partial charge in [-0.3, -0.25) is 0 Å². The third-order valence-electron chi connectivity index (χ3n) is 3.13. The summed E-state index contributed by atoms with van der Waals surface area (Å²) in [6, 6.07) is 0.318. The molecule has 1 aromatic rings. The van der Waals surface area contributed by atoms with Gasteiger partial charge in [0.05, 0.1) is 11.2 Å². The number of thiazole rings is 1. The zero-order chi connectivity index (χ0) is 14.6. The predicted octanol–water partition coefficient (Wildman–Crippen LogP) is 2.63. The fraction of sp³-hybridized carbons (Fsp3) is 0.714. The van der Waals surface area contributed by atoms with Crippen molar-refractivity contribution in [3.05, 3.63) is 16.6 Å². The van der Waals surface area contributed by atoms with Crippen molar-refractivity contribution in [2.75, 3.05) is 13.1 Å². The quantitative estimate of drug-likeness (QED) is 0.932. The number of hydrogen-bond acceptors (Lipinski definition) is 5. The number of nitrogens with zero attached hydrogens (tertiary/aromatic N) is 2. The second kappa shape index (κ2) is 6.54. The van der Waals surface area contributed by atoms with Crippen molar-refractivity contribution in [3.63, 3.8) is 0 Å². The van der Waals surface area contributed by atoms with Crippen molar-refractivity contribution < 1.29 is 9.53 Å². The molecule has 2 rings (SSSR count). The summed E-state index contributed by atoms with van der Waals surface area (Å²) in [5, 5.41) is 5.51. The maximum absolute atomic E-state index is 12.1. The van der Waals surface area contributed by atoms with Crippen molar-refractivity contribution in [1.82, 2.24) is 15.2 Å². The number of piperidine rings is 1. The fourth-order valence-corrected chi connectivity index (χ4v) is 2.77. The van der Waals surface area contributed by atoms with E-state index in [1.807, 2.05) is 31.7 Å². The fourth-order valence-electron chi connectivity index (χ4n) is 2.21. The number of carbonyl (C=O) groups is 1. The number of carbonyl (C=O) groups excluding carboxylic acids is 1. The standard InChI is InChI=1S/C14H23N3O2S/c1-14(2,3)19-13(18)17-6-4-5-11(8-17)15-7-12-9-20-10-16-12/h9-11,15H,4-8H2,1-3H3/t11-/m0/s1. The lowest BCUT2D eigenvalue weighted by atomic mass is 10.1. The second-order valence-corrected chi connectivity index (χ2v) is 6.84. The van der Waals surface area contributed by atoms with Crippen LogP contribution < -0.4 is 5.32 Å². The summed E-state index contributed by atoms with van der Waals surface area (Å²) in [5.41, 5.74) is 2.47. The molecule has 1 aromatic heterocycles. The van der Waals surface area contributed by atoms with Gasteiger partial charge in [-0.25, -0.2) is 9.78 Å². The Labute approximate surface area is 124 Å². The minimum Gasteiger partial charge on any atom is -0.444 e. The molecular weight excluding hydrogens is 274 g/mol. The van der Waals surface area contributed by atoms with Crippen LogP contribution in [0, 0.1) is 0 Å². The van der Waals surface area contributed by atoms with Gasteiger partial charge in [0.2, 0.25) is 0 Å². The van der Waals surface area contributed by atoms with Crippen LogP contribution in [0.1, 0.15) is 39.3 Å². The summed E-state index contributed by atoms with van der Waals surface area (Å²) in [4.78, 5) is 18.1. The second-order valence-electron chi connectivity index (χ2n) is 6.13. The molecule has 1 atom stereocenters. The van der Waals surface area contributed by atoms with Crippen LogP contribution in [-0.2, 0) is 11.3 Å². The molecule has 0 radical (unpaired) electrons. The molecule has 112 valence electrons. The third kappa shape index (κ3) is 4.76. The van der Waals surface area contributed by atoms with Crippen LogP contribution in [-0.4, -0.2) is 40.7 Å². The number of amides is 1. The maximum Gasteiger partial charge on any atom is 0.410 e. The number of nitrogens with one attached hydrogen (secondary N) is 1. The molecule has 1 amide bonds. The summed E-state index contributed by atoms with van der Waals surface area (Å²) < 4.78 is 5.42. The molecule has 0 bridgehead atoms. The minimum absolute atomic E-state index is 0.211. The molecule has 5 nitrogen and oxygen atoms in total. The minimum atomic E-state index is -0.432. The molecule has 2 heterocycles. The Morgan fingerprint density at radius 2 is 2.40 bits per heavy atom. The van der Waals surface area contributed by atoms with Gasteiger partial charge in [-0.15, -0.1) is 11.3 Å². The SMILES string of the molecule is CC(C)(C)OC(=O)N1CCC[C@H](NCc2cscn2)C1. The van der Waals surface area contributed by atoms with Crippen LogP contribution in [0.3, 0.4) is 0 Å². The van der Waals surface area contributed by atoms with Crippen molar-refractivity contribution in [2.45, 2.75) is 51.8 Å². The first-order chi connectivity index (χ1) is 9.44. The first kappa shape index (κ1) is 15.3. The van der Waals surface area contributed by atoms with E-state index in [1.165, 1.54) is 0 Å². The molecule has 0 unspecified atom stereocenters. The highest BCUT2D eigenvalue weighted by atomic mass is 32.1. The van der Waals surface area contributed by atoms with Gasteiger partial charge in [-0.2, -0.15) is 0 Å². The first-order valence-corrected chi connectivity index (χ1v) is 7.97. The highest BCUT2D eigenvalue weighted by Crippen LogP contribution is 2.15. The Bertz CT molecular complexity index is 428. The Morgan fingerprint density at radius 1 is 1.60 bits per heavy atom. The lowest BCUT2D eigenvalue weighted by Gasteiger charge is -2.34. The molecule has 0 spiro atoms. The molecule has 1 N–H and O–H groups in total. The smallest absolute Gasteiger partial charge is 0.410 e. The van der Waals surface area contributed by atoms with Crippen LogP contribution in [0.5, 0.6) is 0 Å². The van der Waals surface area contributed by atoms with Crippen molar-refractivity contribution in [2.24, 2.45) is 0 Å². The van der Waals surface area contributed by atoms with Crippen molar-refractivity contribution in [3.8, 4) is 0 Å². The van der Waals surface area contributed by atoms with E-state index in [0.717, 1.165) is 31.6 Å². The van der Waals surface area contributed by atoms with E-state index in [9.17, 15) is 4.79 Å². The molecule has 1 aliphatic rings. The summed E-state index contributed by atoms with van der Waals surface area (Å²) >= 11 is 1.60. The van der Waals surface area contributed by atoms with Crippen LogP contribution >= 0.6 is 11.3 Å². The molecule has 1 saturated heterocycles. The van der Waals surface area contributed by atoms with Crippen LogP contribution in [0.4, 0.5) is 4.79 Å². The first-order valence-electron chi connectivity index (χ1n) is 7.02. The average molecular weight is 297 g/mol. The van der Waals surface area contributed by atoms with E-state index in [2.05, 4.69) is 10.3 Å². The summed E-state index contributed by atoms with van der Waals surface area (Å²) in [7, 11) is 0. The number of aromatic nitrogens is 1. The molecule has 0 saturated carbocycles. The lowest BCUT2D eigenvalue weighted by molar-refractivity contribution is 0.0187. The zero-order valence-corrected chi connectivity index (χ0v) is 13.2. The van der Waals surface area contributed by atoms with Gasteiger partial charge in [-0.05, 0) is 33.6 Å². The summed E-state index contributed by atoms with van der Waals surface area (Å²) in [5.74, 6) is 0. The summed E-state index contributed by atoms with van der Waals surface area (Å²) in [6.45, 7) is 7.94. The van der Waals surface area contributed by atoms with Crippen LogP contribution in [0.25, 0.3) is 0 Å². The van der Waals surface area contributed by atoms with Crippen molar-refractivity contribution in [1.29, 1.82) is 0 Å². The monoisotopic (exact) mass is 297 g/mol. The molecule has 20 heavy (non-hydrogen) atoms. The highest BCUT2D eigenvalue weighted by molar-refractivity contribution is 7.07. The predicted molar refractivity (Wildman–Crippen MR) is 79.8 cm³/mol. The van der Waals surface area contributed by atoms with Gasteiger partial charge in [-0.1, -0.05) is 0 Å². The Balaban J connectivity index is 1.80. The largest absolute Gasteiger partial charge is 0.444 e. The maximum atomic E-state index is 12.1. The van der Waals surface area contributed by atoms with Crippen LogP contribution in [0.2, 0.25) is 0 Å². The molecule has 1 fully saturated rings. The van der Waals surface area contributed by atoms with E-state index in [-0.39, 0.29) is 6.09 Å². The van der Waals surface area contributed by atoms with E-state index in [4.69, 9.17) is 4.74 Å². The lowest BCUT2D eigenvalue weighted by Crippen LogP contribution is -2.49. The molecule has 6 heteroatoms. The normalized spacial score (nSPS) is 19.9. The van der Waals surface area contributed by atoms with Gasteiger partial charge < -0.3 is 15.0 Å². The number of likely N-dealkylation sites (tertiary alicyclic amines) is 1. The molecular formula is C14H23N3O2S. The third-order valence-corrected chi connectivity index (χ3v) is 3.76. The van der Waals surface area contributed by atoms with E-state index >= 15 is 0 Å². The Hall–Kier alpha value is -1.14. The Kier molecular flexibility index (Phi) is 4.99. The van der Waals surface area contributed by atoms with E-state index in [0.29, 0.717) is 12.6 Å². The topological polar surface area (TPSA) is 54.5 Å². The zero-order valence-electron chi connectivity index (χ0n) is 12.4. The van der Waals surface area contributed by atoms with Gasteiger partial charge in [0, 0.05) is 31.1 Å². The molecule has 0 aliphatic carbocycles. The average Bonchev–Trinajstić information content (AvgIpc) is 2.88. The van der Waals surface area contributed by atoms with Gasteiger partial charge in [0.1, 0.15) is 5.60 Å². The van der Waals surface area contributed by atoms with Crippen molar-refractivity contribution >= 4 is 17.4 Å². The van der Waals surface area contributed by atoms with Gasteiger partial charge in [0.25, 0.3) is 0 Å². The Morgan fingerprint density at radius 3 is 3.05 bits per heavy atom. The molecule has 0 aromatic carbocycles. The van der Waals surface area contributed by atoms with Gasteiger partial charge in [0.15, 0.2) is 0 Å². The van der Waals surface area contributed by atoms with E-state index in [1.54, 1.807) is 16.2 Å². The molecule has 1 aliphatic heterocycles. The number of ether oxygens (including phenoxy) is 1. The number of rotatable bonds is 3. The van der Waals surface area contributed by atoms with Crippen LogP contribution in [0.15, 0.2) is 10.9 Å². The van der Waals surface area contributed by atoms with E-state index < -0.39 is 5.60 Å².